The van der Waals surface area contributed by atoms with Crippen LogP contribution in [0.1, 0.15) is 72.6 Å². The molecule has 3 aromatic heterocycles. The molecule has 9 N–H and O–H groups in total. The van der Waals surface area contributed by atoms with E-state index >= 15 is 0 Å². The molecule has 468 valence electrons. The lowest BCUT2D eigenvalue weighted by molar-refractivity contribution is -0.154. The van der Waals surface area contributed by atoms with Crippen LogP contribution in [-0.2, 0) is 23.9 Å². The normalized spacial score (nSPS) is 10.9. The van der Waals surface area contributed by atoms with Gasteiger partial charge in [-0.05, 0) is 148 Å². The lowest BCUT2D eigenvalue weighted by Crippen LogP contribution is -2.36. The molecule has 28 heteroatoms. The van der Waals surface area contributed by atoms with Crippen molar-refractivity contribution in [2.24, 2.45) is 0 Å². The maximum Gasteiger partial charge on any atom is 0.488 e. The molecule has 0 aliphatic rings. The van der Waals surface area contributed by atoms with Crippen LogP contribution in [0.15, 0.2) is 160 Å². The highest BCUT2D eigenvalue weighted by molar-refractivity contribution is 9.10. The van der Waals surface area contributed by atoms with E-state index in [9.17, 15) is 58.5 Å². The molecule has 0 radical (unpaired) electrons. The third-order valence-corrected chi connectivity index (χ3v) is 13.0. The Kier molecular flexibility index (Phi) is 23.3. The number of ether oxygens (including phenoxy) is 2. The van der Waals surface area contributed by atoms with Gasteiger partial charge in [-0.3, -0.25) is 28.8 Å². The number of rotatable bonds is 12. The Labute approximate surface area is 533 Å². The Morgan fingerprint density at radius 1 is 0.478 bits per heavy atom. The number of amides is 3. The van der Waals surface area contributed by atoms with E-state index in [-0.39, 0.29) is 32.9 Å². The summed E-state index contributed by atoms with van der Waals surface area (Å²) in [6.45, 7) is 8.55. The second-order valence-corrected chi connectivity index (χ2v) is 23.2. The molecule has 0 fully saturated rings. The number of nitrogens with one attached hydrogen (secondary N) is 3. The summed E-state index contributed by atoms with van der Waals surface area (Å²) in [5.74, 6) is -7.11. The van der Waals surface area contributed by atoms with Gasteiger partial charge in [-0.2, -0.15) is 0 Å². The van der Waals surface area contributed by atoms with Crippen molar-refractivity contribution in [3.05, 3.63) is 195 Å². The minimum Gasteiger partial charge on any atom is -0.506 e. The summed E-state index contributed by atoms with van der Waals surface area (Å²) in [7, 11) is -1.43. The summed E-state index contributed by atoms with van der Waals surface area (Å²) >= 11 is 20.8. The maximum absolute atomic E-state index is 12.4. The van der Waals surface area contributed by atoms with Gasteiger partial charge in [-0.15, -0.1) is 0 Å². The van der Waals surface area contributed by atoms with Crippen LogP contribution in [0.4, 0.5) is 0 Å². The van der Waals surface area contributed by atoms with Crippen molar-refractivity contribution < 1.29 is 82.0 Å². The fourth-order valence-corrected chi connectivity index (χ4v) is 8.89. The molecular weight excluding hydrogens is 1300 g/mol. The van der Waals surface area contributed by atoms with Gasteiger partial charge in [0.1, 0.15) is 64.8 Å². The van der Waals surface area contributed by atoms with Crippen molar-refractivity contribution >= 4 is 132 Å². The van der Waals surface area contributed by atoms with E-state index in [0.29, 0.717) is 30.6 Å². The number of carbonyl (C=O) groups excluding carboxylic acids is 5. The minimum atomic E-state index is -1.43. The van der Waals surface area contributed by atoms with Gasteiger partial charge in [-0.25, -0.2) is 14.4 Å². The van der Waals surface area contributed by atoms with E-state index in [1.807, 2.05) is 17.4 Å². The fourth-order valence-electron chi connectivity index (χ4n) is 7.97. The molecule has 90 heavy (non-hydrogen) atoms. The van der Waals surface area contributed by atoms with Crippen LogP contribution in [0.25, 0.3) is 55.2 Å². The number of hydrogen-bond donors (Lipinski definition) is 9. The van der Waals surface area contributed by atoms with E-state index in [1.54, 1.807) is 126 Å². The largest absolute Gasteiger partial charge is 0.506 e. The Balaban J connectivity index is 0.000000200. The summed E-state index contributed by atoms with van der Waals surface area (Å²) < 4.78 is 26.2. The summed E-state index contributed by atoms with van der Waals surface area (Å²) in [6.07, 6.45) is 0. The number of benzene rings is 6. The van der Waals surface area contributed by atoms with E-state index < -0.39 is 124 Å². The predicted molar refractivity (Wildman–Crippen MR) is 339 cm³/mol. The molecular formula is C62H54BBrCl3N3O20. The molecule has 0 unspecified atom stereocenters. The van der Waals surface area contributed by atoms with Crippen molar-refractivity contribution in [1.82, 2.24) is 16.0 Å². The first-order chi connectivity index (χ1) is 42.2. The smallest absolute Gasteiger partial charge is 0.488 e. The number of aliphatic carboxylic acids is 1. The highest BCUT2D eigenvalue weighted by Crippen LogP contribution is 2.34. The van der Waals surface area contributed by atoms with Crippen molar-refractivity contribution in [3.8, 4) is 39.5 Å². The Bertz CT molecular complexity index is 4420. The van der Waals surface area contributed by atoms with Crippen LogP contribution in [-0.4, -0.2) is 104 Å². The third-order valence-electron chi connectivity index (χ3n) is 11.8. The standard InChI is InChI=1S/C22H20ClNO6.C18H12ClNO6.C16H16BrNO6.C6H6BClO2/c1-22(2,3)30-17(25)11-24-20(27)18-19(26)15-8-7-13(10-16(15)29-21(18)28)12-5-4-6-14(23)9-12;19-11-3-1-2-9(6-11)10-4-5-12-13(7-10)26-18(25)15(16(12)23)17(24)20-8-14(21)22;1-16(2,3)24-11(19)7-18-14(21)12-13(20)9-5-4-8(17)6-10(9)23-15(12)22;8-6-3-1-2-5(4-6)7(9)10/h4-10,26H,11H2,1-3H3,(H,24,27);1-7,23H,8H2,(H,20,24)(H,21,22);4-6,20H,7H2,1-3H3,(H,18,21);1-4,9-10H. The molecule has 0 aliphatic heterocycles. The Morgan fingerprint density at radius 3 is 1.14 bits per heavy atom. The first kappa shape index (κ1) is 69.6. The van der Waals surface area contributed by atoms with Crippen LogP contribution in [0.3, 0.4) is 0 Å². The molecule has 0 atom stereocenters. The van der Waals surface area contributed by atoms with Crippen molar-refractivity contribution in [3.63, 3.8) is 0 Å². The van der Waals surface area contributed by atoms with Crippen LogP contribution < -0.4 is 38.3 Å². The fraction of sp³-hybridized carbons (Fsp3) is 0.177. The van der Waals surface area contributed by atoms with Crippen LogP contribution in [0.5, 0.6) is 17.2 Å². The second-order valence-electron chi connectivity index (χ2n) is 21.0. The molecule has 0 bridgehead atoms. The van der Waals surface area contributed by atoms with Gasteiger partial charge in [0.2, 0.25) is 0 Å². The topological polar surface area (TPSA) is 369 Å². The van der Waals surface area contributed by atoms with Crippen molar-refractivity contribution in [2.75, 3.05) is 19.6 Å². The minimum absolute atomic E-state index is 0.0831. The number of halogens is 4. The summed E-state index contributed by atoms with van der Waals surface area (Å²) in [6, 6.07) is 34.7. The maximum atomic E-state index is 12.4. The number of aromatic hydroxyl groups is 3. The van der Waals surface area contributed by atoms with E-state index in [4.69, 9.17) is 72.7 Å². The molecule has 0 saturated carbocycles. The highest BCUT2D eigenvalue weighted by Gasteiger charge is 2.26. The average Bonchev–Trinajstić information content (AvgIpc) is 0.870. The molecule has 9 aromatic rings. The van der Waals surface area contributed by atoms with Gasteiger partial charge in [0, 0.05) is 19.5 Å². The number of carbonyl (C=O) groups is 6. The molecule has 9 rings (SSSR count). The monoisotopic (exact) mass is 1360 g/mol. The molecule has 0 aliphatic carbocycles. The lowest BCUT2D eigenvalue weighted by Gasteiger charge is -2.19. The van der Waals surface area contributed by atoms with Crippen LogP contribution in [0.2, 0.25) is 15.1 Å². The van der Waals surface area contributed by atoms with Gasteiger partial charge in [0.05, 0.1) is 16.2 Å². The molecule has 6 aromatic carbocycles. The van der Waals surface area contributed by atoms with Crippen molar-refractivity contribution in [2.45, 2.75) is 52.7 Å². The zero-order valence-corrected chi connectivity index (χ0v) is 52.1. The molecule has 0 saturated heterocycles. The highest BCUT2D eigenvalue weighted by atomic mass is 79.9. The number of fused-ring (bicyclic) bond motifs is 3. The summed E-state index contributed by atoms with van der Waals surface area (Å²) in [5.41, 5.74) is -2.56. The Morgan fingerprint density at radius 2 is 0.811 bits per heavy atom. The van der Waals surface area contributed by atoms with Gasteiger partial charge >= 0.3 is 41.9 Å². The first-order valence-electron chi connectivity index (χ1n) is 26.4. The number of esters is 2. The van der Waals surface area contributed by atoms with Gasteiger partial charge in [0.15, 0.2) is 16.7 Å². The predicted octanol–water partition coefficient (Wildman–Crippen LogP) is 8.88. The Hall–Kier alpha value is -9.50. The van der Waals surface area contributed by atoms with Gasteiger partial charge in [0.25, 0.3) is 17.7 Å². The number of hydrogen-bond acceptors (Lipinski definition) is 19. The van der Waals surface area contributed by atoms with E-state index in [1.165, 1.54) is 30.3 Å². The van der Waals surface area contributed by atoms with Gasteiger partial charge in [-0.1, -0.05) is 99.3 Å². The quantitative estimate of drug-likeness (QED) is 0.0313. The van der Waals surface area contributed by atoms with E-state index in [2.05, 4.69) is 26.6 Å². The zero-order valence-electron chi connectivity index (χ0n) is 48.2. The SMILES string of the molecule is CC(C)(C)OC(=O)CNC(=O)c1c(O)c2ccc(-c3cccc(Cl)c3)cc2oc1=O.CC(C)(C)OC(=O)CNC(=O)c1c(O)c2ccc(Br)cc2oc1=O.O=C(O)CNC(=O)c1c(O)c2ccc(-c3cccc(Cl)c3)cc2oc1=O.OB(O)c1cccc(Cl)c1. The number of carboxylic acids is 1. The van der Waals surface area contributed by atoms with E-state index in [0.717, 1.165) is 16.7 Å². The van der Waals surface area contributed by atoms with Crippen molar-refractivity contribution in [1.29, 1.82) is 0 Å². The number of carboxylic acid groups (broad SMARTS) is 1. The van der Waals surface area contributed by atoms with Crippen LogP contribution in [0, 0.1) is 0 Å². The zero-order chi connectivity index (χ0) is 66.5. The van der Waals surface area contributed by atoms with Crippen LogP contribution >= 0.6 is 50.7 Å². The first-order valence-corrected chi connectivity index (χ1v) is 28.3. The third kappa shape index (κ3) is 19.3. The average molecular weight is 1360 g/mol. The molecule has 3 amide bonds. The molecule has 3 heterocycles. The summed E-state index contributed by atoms with van der Waals surface area (Å²) in [5, 5.41) is 65.5. The van der Waals surface area contributed by atoms with Gasteiger partial charge < -0.3 is 69.1 Å². The second kappa shape index (κ2) is 30.1. The molecule has 0 spiro atoms. The lowest BCUT2D eigenvalue weighted by atomic mass is 9.81. The molecule has 23 nitrogen and oxygen atoms in total. The summed E-state index contributed by atoms with van der Waals surface area (Å²) in [4.78, 5) is 107.